The summed E-state index contributed by atoms with van der Waals surface area (Å²) < 4.78 is 5.28. The molecule has 1 saturated carbocycles. The van der Waals surface area contributed by atoms with Crippen molar-refractivity contribution in [1.29, 1.82) is 0 Å². The number of hydrogen-bond donors (Lipinski definition) is 0. The molecule has 0 N–H and O–H groups in total. The van der Waals surface area contributed by atoms with Crippen molar-refractivity contribution >= 4 is 5.97 Å². The average molecular weight is 198 g/mol. The van der Waals surface area contributed by atoms with Gasteiger partial charge in [-0.15, -0.1) is 0 Å². The van der Waals surface area contributed by atoms with Gasteiger partial charge in [-0.2, -0.15) is 0 Å². The first kappa shape index (κ1) is 11.5. The van der Waals surface area contributed by atoms with Crippen LogP contribution in [0.2, 0.25) is 0 Å². The fourth-order valence-corrected chi connectivity index (χ4v) is 2.27. The van der Waals surface area contributed by atoms with Crippen LogP contribution in [-0.4, -0.2) is 12.1 Å². The van der Waals surface area contributed by atoms with E-state index in [9.17, 15) is 4.79 Å². The maximum absolute atomic E-state index is 10.8. The Kier molecular flexibility index (Phi) is 3.57. The van der Waals surface area contributed by atoms with Crippen LogP contribution in [0.1, 0.15) is 53.4 Å². The minimum Gasteiger partial charge on any atom is -0.463 e. The summed E-state index contributed by atoms with van der Waals surface area (Å²) in [5, 5.41) is 0. The van der Waals surface area contributed by atoms with Gasteiger partial charge in [0.2, 0.25) is 0 Å². The Labute approximate surface area is 87.0 Å². The van der Waals surface area contributed by atoms with Gasteiger partial charge in [-0.25, -0.2) is 0 Å². The smallest absolute Gasteiger partial charge is 0.302 e. The van der Waals surface area contributed by atoms with Crippen LogP contribution in [0.15, 0.2) is 0 Å². The van der Waals surface area contributed by atoms with E-state index >= 15 is 0 Å². The van der Waals surface area contributed by atoms with Crippen molar-refractivity contribution in [2.24, 2.45) is 11.3 Å². The monoisotopic (exact) mass is 198 g/mol. The highest BCUT2D eigenvalue weighted by Crippen LogP contribution is 2.38. The number of carbonyl (C=O) groups is 1. The Morgan fingerprint density at radius 3 is 2.43 bits per heavy atom. The molecule has 0 unspecified atom stereocenters. The average Bonchev–Trinajstić information content (AvgIpc) is 2.01. The highest BCUT2D eigenvalue weighted by atomic mass is 16.5. The number of hydrogen-bond acceptors (Lipinski definition) is 2. The van der Waals surface area contributed by atoms with E-state index in [0.29, 0.717) is 11.3 Å². The van der Waals surface area contributed by atoms with E-state index in [1.807, 2.05) is 0 Å². The summed E-state index contributed by atoms with van der Waals surface area (Å²) in [5.74, 6) is 0.560. The summed E-state index contributed by atoms with van der Waals surface area (Å²) in [6.45, 7) is 8.32. The van der Waals surface area contributed by atoms with E-state index in [0.717, 1.165) is 12.8 Å². The maximum atomic E-state index is 10.8. The van der Waals surface area contributed by atoms with Crippen LogP contribution in [0.5, 0.6) is 0 Å². The second kappa shape index (κ2) is 4.33. The van der Waals surface area contributed by atoms with Gasteiger partial charge in [0.05, 0.1) is 0 Å². The lowest BCUT2D eigenvalue weighted by atomic mass is 9.71. The van der Waals surface area contributed by atoms with Crippen molar-refractivity contribution in [3.63, 3.8) is 0 Å². The fourth-order valence-electron chi connectivity index (χ4n) is 2.27. The third-order valence-corrected chi connectivity index (χ3v) is 3.18. The Balaban J connectivity index is 2.48. The highest BCUT2D eigenvalue weighted by molar-refractivity contribution is 5.66. The van der Waals surface area contributed by atoms with E-state index in [-0.39, 0.29) is 12.1 Å². The SMILES string of the molecule is CC(=O)O[C@@H]1CCC[C@H](C(C)(C)C)C1. The molecule has 82 valence electrons. The quantitative estimate of drug-likeness (QED) is 0.605. The zero-order valence-electron chi connectivity index (χ0n) is 9.80. The first-order valence-electron chi connectivity index (χ1n) is 5.57. The molecule has 1 aliphatic rings. The molecule has 0 amide bonds. The third kappa shape index (κ3) is 3.32. The van der Waals surface area contributed by atoms with Crippen LogP contribution in [-0.2, 0) is 9.53 Å². The number of rotatable bonds is 1. The largest absolute Gasteiger partial charge is 0.463 e. The lowest BCUT2D eigenvalue weighted by molar-refractivity contribution is -0.149. The van der Waals surface area contributed by atoms with Gasteiger partial charge in [0.15, 0.2) is 0 Å². The molecule has 1 fully saturated rings. The minimum absolute atomic E-state index is 0.135. The van der Waals surface area contributed by atoms with Crippen molar-refractivity contribution < 1.29 is 9.53 Å². The number of ether oxygens (including phenoxy) is 1. The van der Waals surface area contributed by atoms with E-state index in [1.54, 1.807) is 0 Å². The van der Waals surface area contributed by atoms with Gasteiger partial charge >= 0.3 is 5.97 Å². The van der Waals surface area contributed by atoms with Gasteiger partial charge in [0.1, 0.15) is 6.10 Å². The Bertz CT molecular complexity index is 203. The summed E-state index contributed by atoms with van der Waals surface area (Å²) in [5.41, 5.74) is 0.346. The first-order chi connectivity index (χ1) is 6.39. The van der Waals surface area contributed by atoms with Crippen molar-refractivity contribution in [1.82, 2.24) is 0 Å². The highest BCUT2D eigenvalue weighted by Gasteiger charge is 2.31. The molecule has 1 aliphatic carbocycles. The summed E-state index contributed by atoms with van der Waals surface area (Å²) in [7, 11) is 0. The molecule has 0 saturated heterocycles. The van der Waals surface area contributed by atoms with E-state index in [4.69, 9.17) is 4.74 Å². The molecule has 2 atom stereocenters. The van der Waals surface area contributed by atoms with Crippen LogP contribution in [0.25, 0.3) is 0 Å². The molecule has 0 aromatic rings. The lowest BCUT2D eigenvalue weighted by Crippen LogP contribution is -2.31. The van der Waals surface area contributed by atoms with E-state index in [2.05, 4.69) is 20.8 Å². The molecule has 0 aromatic carbocycles. The molecular weight excluding hydrogens is 176 g/mol. The third-order valence-electron chi connectivity index (χ3n) is 3.18. The predicted octanol–water partition coefficient (Wildman–Crippen LogP) is 3.15. The van der Waals surface area contributed by atoms with Gasteiger partial charge in [0, 0.05) is 6.92 Å². The van der Waals surface area contributed by atoms with Gasteiger partial charge < -0.3 is 4.74 Å². The molecule has 2 nitrogen and oxygen atoms in total. The molecule has 0 aromatic heterocycles. The van der Waals surface area contributed by atoms with Gasteiger partial charge in [-0.3, -0.25) is 4.79 Å². The second-order valence-electron chi connectivity index (χ2n) is 5.46. The lowest BCUT2D eigenvalue weighted by Gasteiger charge is -2.37. The van der Waals surface area contributed by atoms with Crippen molar-refractivity contribution in [3.8, 4) is 0 Å². The van der Waals surface area contributed by atoms with Crippen molar-refractivity contribution in [2.75, 3.05) is 0 Å². The molecule has 0 bridgehead atoms. The summed E-state index contributed by atoms with van der Waals surface area (Å²) in [6.07, 6.45) is 4.74. The van der Waals surface area contributed by atoms with Crippen molar-refractivity contribution in [2.45, 2.75) is 59.5 Å². The molecule has 1 rings (SSSR count). The number of esters is 1. The molecule has 2 heteroatoms. The zero-order chi connectivity index (χ0) is 10.8. The molecule has 0 heterocycles. The van der Waals surface area contributed by atoms with Crippen LogP contribution in [0.3, 0.4) is 0 Å². The van der Waals surface area contributed by atoms with E-state index in [1.165, 1.54) is 19.8 Å². The topological polar surface area (TPSA) is 26.3 Å². The second-order valence-corrected chi connectivity index (χ2v) is 5.46. The fraction of sp³-hybridized carbons (Fsp3) is 0.917. The van der Waals surface area contributed by atoms with E-state index < -0.39 is 0 Å². The first-order valence-corrected chi connectivity index (χ1v) is 5.57. The van der Waals surface area contributed by atoms with Gasteiger partial charge in [-0.05, 0) is 37.0 Å². The molecule has 0 aliphatic heterocycles. The Hall–Kier alpha value is -0.530. The molecule has 0 spiro atoms. The minimum atomic E-state index is -0.135. The molecule has 14 heavy (non-hydrogen) atoms. The van der Waals surface area contributed by atoms with Crippen LogP contribution >= 0.6 is 0 Å². The summed E-state index contributed by atoms with van der Waals surface area (Å²) >= 11 is 0. The maximum Gasteiger partial charge on any atom is 0.302 e. The normalized spacial score (nSPS) is 28.6. The van der Waals surface area contributed by atoms with Gasteiger partial charge in [0.25, 0.3) is 0 Å². The molecular formula is C12H22O2. The van der Waals surface area contributed by atoms with Crippen LogP contribution in [0, 0.1) is 11.3 Å². The van der Waals surface area contributed by atoms with Gasteiger partial charge in [-0.1, -0.05) is 20.8 Å². The number of carbonyl (C=O) groups excluding carboxylic acids is 1. The summed E-state index contributed by atoms with van der Waals surface area (Å²) in [4.78, 5) is 10.8. The van der Waals surface area contributed by atoms with Crippen LogP contribution in [0.4, 0.5) is 0 Å². The summed E-state index contributed by atoms with van der Waals surface area (Å²) in [6, 6.07) is 0. The Morgan fingerprint density at radius 2 is 1.93 bits per heavy atom. The van der Waals surface area contributed by atoms with Crippen molar-refractivity contribution in [3.05, 3.63) is 0 Å². The van der Waals surface area contributed by atoms with Crippen LogP contribution < -0.4 is 0 Å². The Morgan fingerprint density at radius 1 is 1.29 bits per heavy atom. The predicted molar refractivity (Wildman–Crippen MR) is 57.0 cm³/mol. The molecule has 0 radical (unpaired) electrons. The standard InChI is InChI=1S/C12H22O2/c1-9(13)14-11-7-5-6-10(8-11)12(2,3)4/h10-11H,5-8H2,1-4H3/t10-,11+/m0/s1. The zero-order valence-corrected chi connectivity index (χ0v) is 9.80.